The number of rotatable bonds is 8. The largest absolute Gasteiger partial charge is 0.467 e. The summed E-state index contributed by atoms with van der Waals surface area (Å²) in [6, 6.07) is 3.60. The predicted octanol–water partition coefficient (Wildman–Crippen LogP) is 0.469. The van der Waals surface area contributed by atoms with Gasteiger partial charge in [0, 0.05) is 6.20 Å². The Morgan fingerprint density at radius 2 is 2.35 bits per heavy atom. The Hall–Kier alpha value is -2.15. The zero-order chi connectivity index (χ0) is 14.2. The molecule has 2 aromatic rings. The number of nitrogens with zero attached hydrogens (tertiary/aromatic N) is 3. The van der Waals surface area contributed by atoms with Crippen LogP contribution in [0.15, 0.2) is 29.0 Å². The molecular formula is C13H19N5O2. The highest BCUT2D eigenvalue weighted by Crippen LogP contribution is 2.01. The van der Waals surface area contributed by atoms with Crippen molar-refractivity contribution in [2.75, 3.05) is 6.54 Å². The summed E-state index contributed by atoms with van der Waals surface area (Å²) in [4.78, 5) is 11.7. The average molecular weight is 277 g/mol. The molecule has 0 saturated heterocycles. The molecule has 2 aromatic heterocycles. The van der Waals surface area contributed by atoms with E-state index in [-0.39, 0.29) is 12.5 Å². The monoisotopic (exact) mass is 277 g/mol. The third kappa shape index (κ3) is 4.51. The first-order chi connectivity index (χ1) is 9.78. The van der Waals surface area contributed by atoms with Crippen LogP contribution < -0.4 is 11.1 Å². The van der Waals surface area contributed by atoms with Crippen molar-refractivity contribution in [2.24, 2.45) is 5.73 Å². The summed E-state index contributed by atoms with van der Waals surface area (Å²) in [6.45, 7) is 1.22. The van der Waals surface area contributed by atoms with Crippen LogP contribution in [0.1, 0.15) is 24.3 Å². The van der Waals surface area contributed by atoms with Crippen molar-refractivity contribution in [3.8, 4) is 0 Å². The maximum absolute atomic E-state index is 11.7. The summed E-state index contributed by atoms with van der Waals surface area (Å²) in [5.41, 5.74) is 6.32. The van der Waals surface area contributed by atoms with Gasteiger partial charge in [0.05, 0.1) is 18.5 Å². The van der Waals surface area contributed by atoms with Gasteiger partial charge in [-0.3, -0.25) is 4.79 Å². The molecule has 7 nitrogen and oxygen atoms in total. The van der Waals surface area contributed by atoms with Crippen LogP contribution in [-0.2, 0) is 24.3 Å². The smallest absolute Gasteiger partial charge is 0.242 e. The molecule has 0 atom stereocenters. The van der Waals surface area contributed by atoms with Crippen molar-refractivity contribution < 1.29 is 9.21 Å². The highest BCUT2D eigenvalue weighted by molar-refractivity contribution is 5.75. The van der Waals surface area contributed by atoms with Gasteiger partial charge in [0.1, 0.15) is 12.3 Å². The highest BCUT2D eigenvalue weighted by atomic mass is 16.3. The first kappa shape index (κ1) is 14.3. The van der Waals surface area contributed by atoms with Crippen molar-refractivity contribution in [1.82, 2.24) is 20.3 Å². The van der Waals surface area contributed by atoms with E-state index < -0.39 is 0 Å². The van der Waals surface area contributed by atoms with E-state index in [1.54, 1.807) is 18.5 Å². The third-order valence-corrected chi connectivity index (χ3v) is 2.82. The van der Waals surface area contributed by atoms with Crippen LogP contribution in [0.4, 0.5) is 0 Å². The fourth-order valence-corrected chi connectivity index (χ4v) is 1.78. The molecule has 108 valence electrons. The molecule has 2 rings (SSSR count). The number of nitrogens with two attached hydrogens (primary N) is 1. The average Bonchev–Trinajstić information content (AvgIpc) is 3.08. The highest BCUT2D eigenvalue weighted by Gasteiger charge is 2.06. The van der Waals surface area contributed by atoms with E-state index in [9.17, 15) is 4.79 Å². The van der Waals surface area contributed by atoms with Crippen LogP contribution in [0.2, 0.25) is 0 Å². The first-order valence-corrected chi connectivity index (χ1v) is 6.66. The molecule has 0 aromatic carbocycles. The number of hydrogen-bond donors (Lipinski definition) is 2. The standard InChI is InChI=1S/C13H19N5O2/c14-6-2-1-4-11-9-18(17-16-11)10-13(19)15-8-12-5-3-7-20-12/h3,5,7,9H,1-2,4,6,8,10,14H2,(H,15,19). The summed E-state index contributed by atoms with van der Waals surface area (Å²) >= 11 is 0. The maximum atomic E-state index is 11.7. The van der Waals surface area contributed by atoms with Gasteiger partial charge in [-0.25, -0.2) is 4.68 Å². The quantitative estimate of drug-likeness (QED) is 0.683. The van der Waals surface area contributed by atoms with Gasteiger partial charge >= 0.3 is 0 Å². The van der Waals surface area contributed by atoms with Gasteiger partial charge in [0.2, 0.25) is 5.91 Å². The SMILES string of the molecule is NCCCCc1cn(CC(=O)NCc2ccco2)nn1. The summed E-state index contributed by atoms with van der Waals surface area (Å²) in [6.07, 6.45) is 6.16. The molecule has 0 bridgehead atoms. The minimum Gasteiger partial charge on any atom is -0.467 e. The lowest BCUT2D eigenvalue weighted by atomic mass is 10.2. The van der Waals surface area contributed by atoms with E-state index in [1.165, 1.54) is 4.68 Å². The van der Waals surface area contributed by atoms with E-state index in [0.29, 0.717) is 13.1 Å². The Kier molecular flexibility index (Phi) is 5.31. The fourth-order valence-electron chi connectivity index (χ4n) is 1.78. The minimum atomic E-state index is -0.125. The molecule has 0 radical (unpaired) electrons. The normalized spacial score (nSPS) is 10.7. The summed E-state index contributed by atoms with van der Waals surface area (Å²) < 4.78 is 6.67. The van der Waals surface area contributed by atoms with Crippen LogP contribution in [0.25, 0.3) is 0 Å². The number of aryl methyl sites for hydroxylation is 1. The number of unbranched alkanes of at least 4 members (excludes halogenated alkanes) is 1. The van der Waals surface area contributed by atoms with Gasteiger partial charge < -0.3 is 15.5 Å². The van der Waals surface area contributed by atoms with Crippen molar-refractivity contribution in [3.63, 3.8) is 0 Å². The number of aromatic nitrogens is 3. The Bertz CT molecular complexity index is 521. The van der Waals surface area contributed by atoms with Gasteiger partial charge in [-0.05, 0) is 37.9 Å². The Labute approximate surface area is 117 Å². The second-order valence-electron chi connectivity index (χ2n) is 4.51. The number of hydrogen-bond acceptors (Lipinski definition) is 5. The second-order valence-corrected chi connectivity index (χ2v) is 4.51. The van der Waals surface area contributed by atoms with Crippen molar-refractivity contribution in [2.45, 2.75) is 32.4 Å². The van der Waals surface area contributed by atoms with Crippen molar-refractivity contribution >= 4 is 5.91 Å². The van der Waals surface area contributed by atoms with Crippen LogP contribution in [0.5, 0.6) is 0 Å². The molecule has 0 spiro atoms. The molecule has 0 aliphatic rings. The van der Waals surface area contributed by atoms with Crippen LogP contribution in [0.3, 0.4) is 0 Å². The lowest BCUT2D eigenvalue weighted by molar-refractivity contribution is -0.122. The summed E-state index contributed by atoms with van der Waals surface area (Å²) in [5, 5.41) is 10.7. The fraction of sp³-hybridized carbons (Fsp3) is 0.462. The number of carbonyl (C=O) groups excluding carboxylic acids is 1. The minimum absolute atomic E-state index is 0.125. The molecular weight excluding hydrogens is 258 g/mol. The molecule has 1 amide bonds. The van der Waals surface area contributed by atoms with Crippen molar-refractivity contribution in [3.05, 3.63) is 36.0 Å². The van der Waals surface area contributed by atoms with Gasteiger partial charge in [0.15, 0.2) is 0 Å². The van der Waals surface area contributed by atoms with Crippen molar-refractivity contribution in [1.29, 1.82) is 0 Å². The molecule has 20 heavy (non-hydrogen) atoms. The number of furan rings is 1. The van der Waals surface area contributed by atoms with Gasteiger partial charge in [-0.2, -0.15) is 0 Å². The van der Waals surface area contributed by atoms with Gasteiger partial charge in [0.25, 0.3) is 0 Å². The van der Waals surface area contributed by atoms with E-state index in [2.05, 4.69) is 15.6 Å². The van der Waals surface area contributed by atoms with Crippen LogP contribution >= 0.6 is 0 Å². The Morgan fingerprint density at radius 1 is 1.45 bits per heavy atom. The third-order valence-electron chi connectivity index (χ3n) is 2.82. The van der Waals surface area contributed by atoms with Gasteiger partial charge in [-0.15, -0.1) is 5.10 Å². The number of amides is 1. The summed E-state index contributed by atoms with van der Waals surface area (Å²) in [7, 11) is 0. The molecule has 0 aliphatic heterocycles. The topological polar surface area (TPSA) is 99.0 Å². The van der Waals surface area contributed by atoms with E-state index in [4.69, 9.17) is 10.2 Å². The van der Waals surface area contributed by atoms with E-state index >= 15 is 0 Å². The van der Waals surface area contributed by atoms with Gasteiger partial charge in [-0.1, -0.05) is 5.21 Å². The molecule has 3 N–H and O–H groups in total. The van der Waals surface area contributed by atoms with Crippen LogP contribution in [0, 0.1) is 0 Å². The predicted molar refractivity (Wildman–Crippen MR) is 72.6 cm³/mol. The lowest BCUT2D eigenvalue weighted by Gasteiger charge is -2.02. The zero-order valence-corrected chi connectivity index (χ0v) is 11.3. The Morgan fingerprint density at radius 3 is 3.10 bits per heavy atom. The Balaban J connectivity index is 1.73. The number of carbonyl (C=O) groups is 1. The molecule has 0 unspecified atom stereocenters. The number of nitrogens with one attached hydrogen (secondary N) is 1. The molecule has 0 fully saturated rings. The van der Waals surface area contributed by atoms with E-state index in [1.807, 2.05) is 6.07 Å². The lowest BCUT2D eigenvalue weighted by Crippen LogP contribution is -2.27. The zero-order valence-electron chi connectivity index (χ0n) is 11.3. The molecule has 2 heterocycles. The molecule has 0 saturated carbocycles. The maximum Gasteiger partial charge on any atom is 0.242 e. The van der Waals surface area contributed by atoms with E-state index in [0.717, 1.165) is 30.7 Å². The summed E-state index contributed by atoms with van der Waals surface area (Å²) in [5.74, 6) is 0.597. The molecule has 0 aliphatic carbocycles. The first-order valence-electron chi connectivity index (χ1n) is 6.66. The van der Waals surface area contributed by atoms with Crippen LogP contribution in [-0.4, -0.2) is 27.4 Å². The second kappa shape index (κ2) is 7.44. The molecule has 7 heteroatoms.